The van der Waals surface area contributed by atoms with E-state index >= 15 is 0 Å². The van der Waals surface area contributed by atoms with Crippen molar-refractivity contribution in [3.8, 4) is 0 Å². The summed E-state index contributed by atoms with van der Waals surface area (Å²) >= 11 is 0. The van der Waals surface area contributed by atoms with Crippen molar-refractivity contribution in [3.05, 3.63) is 35.1 Å². The van der Waals surface area contributed by atoms with Crippen molar-refractivity contribution in [2.24, 2.45) is 5.92 Å². The molecule has 4 nitrogen and oxygen atoms in total. The van der Waals surface area contributed by atoms with Gasteiger partial charge in [0.15, 0.2) is 0 Å². The molecule has 1 aliphatic rings. The molecule has 122 valence electrons. The average molecular weight is 309 g/mol. The minimum Gasteiger partial charge on any atom is -0.396 e. The van der Waals surface area contributed by atoms with E-state index in [0.717, 1.165) is 31.7 Å². The van der Waals surface area contributed by atoms with Crippen LogP contribution >= 0.6 is 0 Å². The van der Waals surface area contributed by atoms with Crippen LogP contribution < -0.4 is 5.32 Å². The first kappa shape index (κ1) is 16.9. The fourth-order valence-electron chi connectivity index (χ4n) is 3.17. The number of nitrogens with one attached hydrogen (secondary N) is 1. The SMILES string of the molecule is O=C(NC(CCO)C1CCCCC1)c1ccc(CO)c(F)c1. The number of carbonyl (C=O) groups excluding carboxylic acids is 1. The van der Waals surface area contributed by atoms with Gasteiger partial charge in [-0.25, -0.2) is 4.39 Å². The Bertz CT molecular complexity index is 501. The molecule has 5 heteroatoms. The second-order valence-corrected chi connectivity index (χ2v) is 5.95. The fraction of sp³-hybridized carbons (Fsp3) is 0.588. The zero-order chi connectivity index (χ0) is 15.9. The van der Waals surface area contributed by atoms with Crippen LogP contribution in [0.4, 0.5) is 4.39 Å². The van der Waals surface area contributed by atoms with Gasteiger partial charge in [-0.15, -0.1) is 0 Å². The molecule has 1 amide bonds. The maximum atomic E-state index is 13.7. The maximum absolute atomic E-state index is 13.7. The first-order chi connectivity index (χ1) is 10.7. The Labute approximate surface area is 130 Å². The molecule has 1 saturated carbocycles. The van der Waals surface area contributed by atoms with Crippen LogP contribution in [-0.4, -0.2) is 28.8 Å². The van der Waals surface area contributed by atoms with Crippen molar-refractivity contribution in [1.82, 2.24) is 5.32 Å². The van der Waals surface area contributed by atoms with Gasteiger partial charge in [0.05, 0.1) is 6.61 Å². The molecule has 0 aliphatic heterocycles. The first-order valence-corrected chi connectivity index (χ1v) is 7.96. The molecule has 1 aromatic rings. The third-order valence-corrected chi connectivity index (χ3v) is 4.46. The molecule has 2 rings (SSSR count). The molecule has 0 spiro atoms. The molecular formula is C17H24FNO3. The van der Waals surface area contributed by atoms with Crippen LogP contribution in [0.25, 0.3) is 0 Å². The van der Waals surface area contributed by atoms with E-state index in [1.165, 1.54) is 18.6 Å². The number of benzene rings is 1. The molecule has 1 aliphatic carbocycles. The average Bonchev–Trinajstić information content (AvgIpc) is 2.55. The van der Waals surface area contributed by atoms with E-state index in [9.17, 15) is 14.3 Å². The molecule has 22 heavy (non-hydrogen) atoms. The number of hydrogen-bond donors (Lipinski definition) is 3. The first-order valence-electron chi connectivity index (χ1n) is 7.96. The normalized spacial score (nSPS) is 17.2. The third kappa shape index (κ3) is 4.27. The Morgan fingerprint density at radius 3 is 2.59 bits per heavy atom. The summed E-state index contributed by atoms with van der Waals surface area (Å²) in [5.74, 6) is -0.523. The summed E-state index contributed by atoms with van der Waals surface area (Å²) in [4.78, 5) is 12.3. The standard InChI is InChI=1S/C17H24FNO3/c18-15-10-13(6-7-14(15)11-21)17(22)19-16(8-9-20)12-4-2-1-3-5-12/h6-7,10,12,16,20-21H,1-5,8-9,11H2,(H,19,22). The summed E-state index contributed by atoms with van der Waals surface area (Å²) in [6.07, 6.45) is 6.17. The van der Waals surface area contributed by atoms with Gasteiger partial charge < -0.3 is 15.5 Å². The minimum atomic E-state index is -0.577. The van der Waals surface area contributed by atoms with Gasteiger partial charge in [0.1, 0.15) is 5.82 Å². The number of rotatable bonds is 6. The lowest BCUT2D eigenvalue weighted by Crippen LogP contribution is -2.41. The van der Waals surface area contributed by atoms with E-state index in [1.54, 1.807) is 0 Å². The van der Waals surface area contributed by atoms with E-state index in [0.29, 0.717) is 12.3 Å². The third-order valence-electron chi connectivity index (χ3n) is 4.46. The lowest BCUT2D eigenvalue weighted by Gasteiger charge is -2.30. The van der Waals surface area contributed by atoms with E-state index in [2.05, 4.69) is 5.32 Å². The van der Waals surface area contributed by atoms with Crippen molar-refractivity contribution >= 4 is 5.91 Å². The van der Waals surface area contributed by atoms with Crippen molar-refractivity contribution in [1.29, 1.82) is 0 Å². The van der Waals surface area contributed by atoms with Crippen LogP contribution in [0.5, 0.6) is 0 Å². The highest BCUT2D eigenvalue weighted by atomic mass is 19.1. The van der Waals surface area contributed by atoms with Crippen molar-refractivity contribution in [2.75, 3.05) is 6.61 Å². The van der Waals surface area contributed by atoms with Crippen molar-refractivity contribution < 1.29 is 19.4 Å². The molecule has 0 aromatic heterocycles. The van der Waals surface area contributed by atoms with Crippen LogP contribution in [0, 0.1) is 11.7 Å². The van der Waals surface area contributed by atoms with Gasteiger partial charge >= 0.3 is 0 Å². The van der Waals surface area contributed by atoms with Gasteiger partial charge in [-0.1, -0.05) is 25.3 Å². The molecule has 0 radical (unpaired) electrons. The van der Waals surface area contributed by atoms with Gasteiger partial charge in [0.25, 0.3) is 5.91 Å². The second-order valence-electron chi connectivity index (χ2n) is 5.95. The number of aliphatic hydroxyl groups excluding tert-OH is 2. The molecule has 3 N–H and O–H groups in total. The van der Waals surface area contributed by atoms with E-state index in [4.69, 9.17) is 5.11 Å². The highest BCUT2D eigenvalue weighted by molar-refractivity contribution is 5.94. The summed E-state index contributed by atoms with van der Waals surface area (Å²) in [6, 6.07) is 4.02. The van der Waals surface area contributed by atoms with Crippen LogP contribution in [0.3, 0.4) is 0 Å². The van der Waals surface area contributed by atoms with Crippen molar-refractivity contribution in [2.45, 2.75) is 51.2 Å². The van der Waals surface area contributed by atoms with E-state index in [-0.39, 0.29) is 36.3 Å². The minimum absolute atomic E-state index is 0.0270. The molecule has 0 bridgehead atoms. The Morgan fingerprint density at radius 1 is 1.27 bits per heavy atom. The highest BCUT2D eigenvalue weighted by Gasteiger charge is 2.25. The Kier molecular flexibility index (Phi) is 6.34. The summed E-state index contributed by atoms with van der Waals surface area (Å²) < 4.78 is 13.7. The predicted octanol–water partition coefficient (Wildman–Crippen LogP) is 2.38. The molecule has 0 saturated heterocycles. The fourth-order valence-corrected chi connectivity index (χ4v) is 3.17. The van der Waals surface area contributed by atoms with Crippen LogP contribution in [-0.2, 0) is 6.61 Å². The Morgan fingerprint density at radius 2 is 2.00 bits per heavy atom. The number of amides is 1. The van der Waals surface area contributed by atoms with Crippen LogP contribution in [0.1, 0.15) is 54.4 Å². The van der Waals surface area contributed by atoms with Gasteiger partial charge in [0.2, 0.25) is 0 Å². The topological polar surface area (TPSA) is 69.6 Å². The Hall–Kier alpha value is -1.46. The summed E-state index contributed by atoms with van der Waals surface area (Å²) in [5.41, 5.74) is 0.421. The quantitative estimate of drug-likeness (QED) is 0.755. The Balaban J connectivity index is 2.05. The van der Waals surface area contributed by atoms with E-state index in [1.807, 2.05) is 0 Å². The summed E-state index contributed by atoms with van der Waals surface area (Å²) in [7, 11) is 0. The van der Waals surface area contributed by atoms with Crippen LogP contribution in [0.2, 0.25) is 0 Å². The molecule has 1 atom stereocenters. The summed E-state index contributed by atoms with van der Waals surface area (Å²) in [6.45, 7) is -0.359. The predicted molar refractivity (Wildman–Crippen MR) is 81.9 cm³/mol. The van der Waals surface area contributed by atoms with Crippen LogP contribution in [0.15, 0.2) is 18.2 Å². The monoisotopic (exact) mass is 309 g/mol. The van der Waals surface area contributed by atoms with E-state index < -0.39 is 5.82 Å². The van der Waals surface area contributed by atoms with Gasteiger partial charge in [0, 0.05) is 23.8 Å². The largest absolute Gasteiger partial charge is 0.396 e. The molecule has 0 heterocycles. The number of aliphatic hydroxyl groups is 2. The van der Waals surface area contributed by atoms with Gasteiger partial charge in [-0.3, -0.25) is 4.79 Å². The number of halogens is 1. The molecule has 1 unspecified atom stereocenters. The summed E-state index contributed by atoms with van der Waals surface area (Å²) in [5, 5.41) is 21.1. The maximum Gasteiger partial charge on any atom is 0.251 e. The highest BCUT2D eigenvalue weighted by Crippen LogP contribution is 2.28. The van der Waals surface area contributed by atoms with Gasteiger partial charge in [-0.05, 0) is 37.3 Å². The lowest BCUT2D eigenvalue weighted by molar-refractivity contribution is 0.0899. The zero-order valence-corrected chi connectivity index (χ0v) is 12.7. The molecular weight excluding hydrogens is 285 g/mol. The zero-order valence-electron chi connectivity index (χ0n) is 12.7. The number of carbonyl (C=O) groups is 1. The van der Waals surface area contributed by atoms with Gasteiger partial charge in [-0.2, -0.15) is 0 Å². The lowest BCUT2D eigenvalue weighted by atomic mass is 9.82. The second kappa shape index (κ2) is 8.25. The molecule has 1 fully saturated rings. The smallest absolute Gasteiger partial charge is 0.251 e. The number of hydrogen-bond acceptors (Lipinski definition) is 3. The van der Waals surface area contributed by atoms with Crippen molar-refractivity contribution in [3.63, 3.8) is 0 Å². The molecule has 1 aromatic carbocycles.